The molecule has 138 valence electrons. The van der Waals surface area contributed by atoms with Gasteiger partial charge in [0, 0.05) is 25.6 Å². The van der Waals surface area contributed by atoms with E-state index in [1.54, 1.807) is 19.1 Å². The van der Waals surface area contributed by atoms with Crippen molar-refractivity contribution in [2.24, 2.45) is 0 Å². The molecule has 4 rings (SSSR count). The van der Waals surface area contributed by atoms with Crippen molar-refractivity contribution in [3.63, 3.8) is 0 Å². The first-order valence-electron chi connectivity index (χ1n) is 8.86. The lowest BCUT2D eigenvalue weighted by Crippen LogP contribution is -2.29. The maximum absolute atomic E-state index is 12.3. The number of halogens is 1. The number of fused-ring (bicyclic) bond motifs is 1. The summed E-state index contributed by atoms with van der Waals surface area (Å²) in [7, 11) is 3.39. The van der Waals surface area contributed by atoms with Crippen LogP contribution in [0.5, 0.6) is 11.5 Å². The van der Waals surface area contributed by atoms with Crippen molar-refractivity contribution in [1.82, 2.24) is 4.90 Å². The van der Waals surface area contributed by atoms with Crippen molar-refractivity contribution in [1.29, 1.82) is 0 Å². The number of hydrogen-bond donors (Lipinski definition) is 0. The minimum atomic E-state index is -0.455. The molecule has 0 saturated carbocycles. The van der Waals surface area contributed by atoms with Crippen molar-refractivity contribution >= 4 is 28.3 Å². The summed E-state index contributed by atoms with van der Waals surface area (Å²) in [4.78, 5) is 14.0. The van der Waals surface area contributed by atoms with Crippen LogP contribution >= 0.6 is 11.6 Å². The number of carbonyl (C=O) groups excluding carboxylic acids is 1. The number of rotatable bonds is 4. The van der Waals surface area contributed by atoms with Crippen molar-refractivity contribution in [2.75, 3.05) is 20.7 Å². The van der Waals surface area contributed by atoms with E-state index < -0.39 is 6.10 Å². The predicted octanol–water partition coefficient (Wildman–Crippen LogP) is 4.78. The van der Waals surface area contributed by atoms with Gasteiger partial charge in [-0.05, 0) is 34.5 Å². The van der Waals surface area contributed by atoms with Crippen molar-refractivity contribution in [3.05, 3.63) is 59.6 Å². The lowest BCUT2D eigenvalue weighted by molar-refractivity contribution is -0.132. The average molecular weight is 382 g/mol. The second-order valence-electron chi connectivity index (χ2n) is 6.66. The van der Waals surface area contributed by atoms with Crippen LogP contribution in [0.25, 0.3) is 21.9 Å². The zero-order chi connectivity index (χ0) is 19.0. The molecule has 1 aliphatic heterocycles. The molecule has 0 N–H and O–H groups in total. The molecular formula is C22H20ClNO3. The minimum Gasteiger partial charge on any atom is -0.495 e. The SMILES string of the molecule is COc1ccc(-c2c(OC3CCN(C)C3=O)ccc3ccccc23)cc1Cl. The molecule has 5 heteroatoms. The fraction of sp³-hybridized carbons (Fsp3) is 0.227. The maximum atomic E-state index is 12.3. The van der Waals surface area contributed by atoms with Crippen LogP contribution < -0.4 is 9.47 Å². The van der Waals surface area contributed by atoms with Gasteiger partial charge in [0.25, 0.3) is 5.91 Å². The lowest BCUT2D eigenvalue weighted by atomic mass is 9.97. The first-order chi connectivity index (χ1) is 13.1. The van der Waals surface area contributed by atoms with Gasteiger partial charge in [-0.1, -0.05) is 48.0 Å². The largest absolute Gasteiger partial charge is 0.495 e. The van der Waals surface area contributed by atoms with Crippen molar-refractivity contribution in [2.45, 2.75) is 12.5 Å². The van der Waals surface area contributed by atoms with Crippen LogP contribution in [0.2, 0.25) is 5.02 Å². The number of ether oxygens (including phenoxy) is 2. The number of likely N-dealkylation sites (N-methyl/N-ethyl adjacent to an activating group) is 1. The van der Waals surface area contributed by atoms with Crippen LogP contribution in [0.3, 0.4) is 0 Å². The van der Waals surface area contributed by atoms with E-state index in [0.717, 1.165) is 21.9 Å². The summed E-state index contributed by atoms with van der Waals surface area (Å²) in [6.07, 6.45) is 0.231. The molecule has 0 radical (unpaired) electrons. The van der Waals surface area contributed by atoms with Gasteiger partial charge >= 0.3 is 0 Å². The van der Waals surface area contributed by atoms with E-state index in [-0.39, 0.29) is 5.91 Å². The van der Waals surface area contributed by atoms with E-state index >= 15 is 0 Å². The van der Waals surface area contributed by atoms with E-state index in [0.29, 0.717) is 29.5 Å². The van der Waals surface area contributed by atoms with Crippen LogP contribution in [0, 0.1) is 0 Å². The molecule has 1 fully saturated rings. The van der Waals surface area contributed by atoms with Crippen LogP contribution in [0.4, 0.5) is 0 Å². The monoisotopic (exact) mass is 381 g/mol. The standard InChI is InChI=1S/C22H20ClNO3/c1-24-12-11-20(22(24)25)27-19-10-7-14-5-3-4-6-16(14)21(19)15-8-9-18(26-2)17(23)13-15/h3-10,13,20H,11-12H2,1-2H3. The van der Waals surface area contributed by atoms with Gasteiger partial charge in [-0.15, -0.1) is 0 Å². The summed E-state index contributed by atoms with van der Waals surface area (Å²) in [5, 5.41) is 2.68. The third-order valence-electron chi connectivity index (χ3n) is 4.98. The zero-order valence-corrected chi connectivity index (χ0v) is 16.0. The number of amides is 1. The van der Waals surface area contributed by atoms with Crippen molar-refractivity contribution < 1.29 is 14.3 Å². The quantitative estimate of drug-likeness (QED) is 0.653. The summed E-state index contributed by atoms with van der Waals surface area (Å²) >= 11 is 6.37. The maximum Gasteiger partial charge on any atom is 0.263 e. The number of benzene rings is 3. The summed E-state index contributed by atoms with van der Waals surface area (Å²) < 4.78 is 11.5. The van der Waals surface area contributed by atoms with Crippen LogP contribution in [0.15, 0.2) is 54.6 Å². The van der Waals surface area contributed by atoms with Gasteiger partial charge in [0.15, 0.2) is 6.10 Å². The number of nitrogens with zero attached hydrogens (tertiary/aromatic N) is 1. The molecule has 3 aromatic carbocycles. The summed E-state index contributed by atoms with van der Waals surface area (Å²) in [5.41, 5.74) is 1.85. The number of carbonyl (C=O) groups is 1. The van der Waals surface area contributed by atoms with Crippen LogP contribution in [-0.2, 0) is 4.79 Å². The molecule has 0 aromatic heterocycles. The van der Waals surface area contributed by atoms with E-state index in [2.05, 4.69) is 12.1 Å². The average Bonchev–Trinajstić information content (AvgIpc) is 3.00. The summed E-state index contributed by atoms with van der Waals surface area (Å²) in [6, 6.07) is 17.7. The molecule has 0 bridgehead atoms. The van der Waals surface area contributed by atoms with E-state index in [1.807, 2.05) is 42.5 Å². The third kappa shape index (κ3) is 3.21. The second kappa shape index (κ2) is 7.12. The highest BCUT2D eigenvalue weighted by atomic mass is 35.5. The molecule has 0 spiro atoms. The highest BCUT2D eigenvalue weighted by Gasteiger charge is 2.31. The smallest absolute Gasteiger partial charge is 0.263 e. The molecule has 1 amide bonds. The highest BCUT2D eigenvalue weighted by Crippen LogP contribution is 2.40. The van der Waals surface area contributed by atoms with Gasteiger partial charge in [-0.2, -0.15) is 0 Å². The fourth-order valence-electron chi connectivity index (χ4n) is 3.52. The Morgan fingerprint density at radius 3 is 2.56 bits per heavy atom. The Morgan fingerprint density at radius 1 is 1.07 bits per heavy atom. The van der Waals surface area contributed by atoms with E-state index in [1.165, 1.54) is 0 Å². The topological polar surface area (TPSA) is 38.8 Å². The van der Waals surface area contributed by atoms with Crippen LogP contribution in [0.1, 0.15) is 6.42 Å². The molecule has 4 nitrogen and oxygen atoms in total. The first-order valence-corrected chi connectivity index (χ1v) is 9.23. The van der Waals surface area contributed by atoms with Gasteiger partial charge in [-0.25, -0.2) is 0 Å². The van der Waals surface area contributed by atoms with Gasteiger partial charge in [0.2, 0.25) is 0 Å². The molecule has 1 unspecified atom stereocenters. The molecule has 3 aromatic rings. The molecule has 1 heterocycles. The van der Waals surface area contributed by atoms with E-state index in [4.69, 9.17) is 21.1 Å². The minimum absolute atomic E-state index is 0.0156. The Labute approximate surface area is 163 Å². The summed E-state index contributed by atoms with van der Waals surface area (Å²) in [5.74, 6) is 1.32. The zero-order valence-electron chi connectivity index (χ0n) is 15.2. The normalized spacial score (nSPS) is 16.8. The van der Waals surface area contributed by atoms with Crippen molar-refractivity contribution in [3.8, 4) is 22.6 Å². The van der Waals surface area contributed by atoms with Gasteiger partial charge in [-0.3, -0.25) is 4.79 Å². The lowest BCUT2D eigenvalue weighted by Gasteiger charge is -2.18. The van der Waals surface area contributed by atoms with Gasteiger partial charge in [0.05, 0.1) is 12.1 Å². The van der Waals surface area contributed by atoms with Gasteiger partial charge < -0.3 is 14.4 Å². The number of hydrogen-bond acceptors (Lipinski definition) is 3. The predicted molar refractivity (Wildman–Crippen MR) is 108 cm³/mol. The molecule has 27 heavy (non-hydrogen) atoms. The molecule has 0 aliphatic carbocycles. The second-order valence-corrected chi connectivity index (χ2v) is 7.07. The number of likely N-dealkylation sites (tertiary alicyclic amines) is 1. The Balaban J connectivity index is 1.86. The Bertz CT molecular complexity index is 1020. The summed E-state index contributed by atoms with van der Waals surface area (Å²) in [6.45, 7) is 0.709. The fourth-order valence-corrected chi connectivity index (χ4v) is 3.78. The van der Waals surface area contributed by atoms with Gasteiger partial charge in [0.1, 0.15) is 11.5 Å². The van der Waals surface area contributed by atoms with Crippen LogP contribution in [-0.4, -0.2) is 37.6 Å². The Kier molecular flexibility index (Phi) is 4.66. The third-order valence-corrected chi connectivity index (χ3v) is 5.27. The number of methoxy groups -OCH3 is 1. The molecule has 1 aliphatic rings. The molecular weight excluding hydrogens is 362 g/mol. The highest BCUT2D eigenvalue weighted by molar-refractivity contribution is 6.32. The van der Waals surface area contributed by atoms with E-state index in [9.17, 15) is 4.79 Å². The Morgan fingerprint density at radius 2 is 1.85 bits per heavy atom. The first kappa shape index (κ1) is 17.7. The Hall–Kier alpha value is -2.72. The molecule has 1 saturated heterocycles. The molecule has 1 atom stereocenters.